The number of rotatable bonds is 2. The van der Waals surface area contributed by atoms with Gasteiger partial charge in [-0.2, -0.15) is 0 Å². The number of phenols is 1. The molecule has 4 nitrogen and oxygen atoms in total. The number of hydrogen-bond donors (Lipinski definition) is 1. The Labute approximate surface area is 114 Å². The number of hydrogen-bond acceptors (Lipinski definition) is 3. The van der Waals surface area contributed by atoms with E-state index < -0.39 is 0 Å². The number of phenolic OH excluding ortho intramolecular Hbond substituents is 1. The molecule has 0 aromatic heterocycles. The third-order valence-electron chi connectivity index (χ3n) is 3.86. The van der Waals surface area contributed by atoms with Crippen LogP contribution < -0.4 is 4.74 Å². The zero-order chi connectivity index (χ0) is 14.0. The standard InChI is InChI=1S/C15H21NO3/c1-10-5-4-6-11(2)16(10)15(18)13-8-7-12(19-3)9-14(13)17/h7-11,17H,4-6H2,1-3H3/t10-,11+. The van der Waals surface area contributed by atoms with Crippen molar-refractivity contribution in [1.29, 1.82) is 0 Å². The molecule has 19 heavy (non-hydrogen) atoms. The largest absolute Gasteiger partial charge is 0.507 e. The zero-order valence-corrected chi connectivity index (χ0v) is 11.7. The molecular weight excluding hydrogens is 242 g/mol. The van der Waals surface area contributed by atoms with Crippen LogP contribution in [-0.2, 0) is 0 Å². The Morgan fingerprint density at radius 3 is 2.47 bits per heavy atom. The molecule has 1 saturated heterocycles. The van der Waals surface area contributed by atoms with Crippen LogP contribution in [0.5, 0.6) is 11.5 Å². The maximum Gasteiger partial charge on any atom is 0.258 e. The normalized spacial score (nSPS) is 23.2. The molecule has 1 aliphatic heterocycles. The molecule has 1 aromatic rings. The maximum atomic E-state index is 12.6. The molecule has 104 valence electrons. The molecule has 0 unspecified atom stereocenters. The lowest BCUT2D eigenvalue weighted by Crippen LogP contribution is -2.47. The Balaban J connectivity index is 2.28. The molecule has 1 aromatic carbocycles. The van der Waals surface area contributed by atoms with E-state index in [1.165, 1.54) is 13.2 Å². The Kier molecular flexibility index (Phi) is 3.98. The summed E-state index contributed by atoms with van der Waals surface area (Å²) in [5.74, 6) is 0.433. The van der Waals surface area contributed by atoms with Gasteiger partial charge in [-0.1, -0.05) is 0 Å². The second kappa shape index (κ2) is 5.51. The molecule has 1 aliphatic rings. The number of carbonyl (C=O) groups is 1. The summed E-state index contributed by atoms with van der Waals surface area (Å²) >= 11 is 0. The van der Waals surface area contributed by atoms with E-state index in [9.17, 15) is 9.90 Å². The number of aromatic hydroxyl groups is 1. The molecule has 2 rings (SSSR count). The highest BCUT2D eigenvalue weighted by Crippen LogP contribution is 2.29. The molecule has 0 radical (unpaired) electrons. The van der Waals surface area contributed by atoms with Gasteiger partial charge in [0.2, 0.25) is 0 Å². The van der Waals surface area contributed by atoms with E-state index in [1.807, 2.05) is 4.90 Å². The van der Waals surface area contributed by atoms with E-state index in [1.54, 1.807) is 12.1 Å². The third kappa shape index (κ3) is 2.67. The summed E-state index contributed by atoms with van der Waals surface area (Å²) in [6.07, 6.45) is 3.20. The number of piperidine rings is 1. The minimum absolute atomic E-state index is 0.0191. The van der Waals surface area contributed by atoms with Gasteiger partial charge in [0.15, 0.2) is 0 Å². The highest BCUT2D eigenvalue weighted by molar-refractivity contribution is 5.97. The zero-order valence-electron chi connectivity index (χ0n) is 11.7. The maximum absolute atomic E-state index is 12.6. The fourth-order valence-electron chi connectivity index (χ4n) is 2.78. The number of ether oxygens (including phenoxy) is 1. The third-order valence-corrected chi connectivity index (χ3v) is 3.86. The van der Waals surface area contributed by atoms with Crippen LogP contribution in [0.4, 0.5) is 0 Å². The van der Waals surface area contributed by atoms with Crippen LogP contribution in [0.3, 0.4) is 0 Å². The first-order valence-corrected chi connectivity index (χ1v) is 6.74. The van der Waals surface area contributed by atoms with E-state index in [-0.39, 0.29) is 23.7 Å². The second-order valence-corrected chi connectivity index (χ2v) is 5.22. The van der Waals surface area contributed by atoms with Crippen molar-refractivity contribution >= 4 is 5.91 Å². The summed E-state index contributed by atoms with van der Waals surface area (Å²) in [6.45, 7) is 4.13. The first-order chi connectivity index (χ1) is 9.04. The van der Waals surface area contributed by atoms with Crippen molar-refractivity contribution in [1.82, 2.24) is 4.90 Å². The van der Waals surface area contributed by atoms with Crippen LogP contribution >= 0.6 is 0 Å². The first kappa shape index (κ1) is 13.7. The quantitative estimate of drug-likeness (QED) is 0.892. The summed E-state index contributed by atoms with van der Waals surface area (Å²) < 4.78 is 5.03. The SMILES string of the molecule is COc1ccc(C(=O)N2[C@H](C)CCC[C@@H]2C)c(O)c1. The predicted molar refractivity (Wildman–Crippen MR) is 73.6 cm³/mol. The Morgan fingerprint density at radius 2 is 1.95 bits per heavy atom. The number of nitrogens with zero attached hydrogens (tertiary/aromatic N) is 1. The number of carbonyl (C=O) groups excluding carboxylic acids is 1. The van der Waals surface area contributed by atoms with Gasteiger partial charge in [-0.15, -0.1) is 0 Å². The number of methoxy groups -OCH3 is 1. The lowest BCUT2D eigenvalue weighted by Gasteiger charge is -2.39. The topological polar surface area (TPSA) is 49.8 Å². The first-order valence-electron chi connectivity index (χ1n) is 6.74. The summed E-state index contributed by atoms with van der Waals surface area (Å²) in [5, 5.41) is 9.97. The van der Waals surface area contributed by atoms with Gasteiger partial charge < -0.3 is 14.7 Å². The van der Waals surface area contributed by atoms with Crippen LogP contribution in [-0.4, -0.2) is 35.1 Å². The minimum atomic E-state index is -0.0974. The average molecular weight is 263 g/mol. The van der Waals surface area contributed by atoms with Gasteiger partial charge in [-0.25, -0.2) is 0 Å². The Hall–Kier alpha value is -1.71. The molecule has 0 aliphatic carbocycles. The van der Waals surface area contributed by atoms with Crippen molar-refractivity contribution < 1.29 is 14.6 Å². The summed E-state index contributed by atoms with van der Waals surface area (Å²) in [6, 6.07) is 5.25. The summed E-state index contributed by atoms with van der Waals surface area (Å²) in [4.78, 5) is 14.4. The molecule has 0 bridgehead atoms. The Bertz CT molecular complexity index is 462. The monoisotopic (exact) mass is 263 g/mol. The smallest absolute Gasteiger partial charge is 0.258 e. The van der Waals surface area contributed by atoms with Gasteiger partial charge in [-0.05, 0) is 45.2 Å². The summed E-state index contributed by atoms with van der Waals surface area (Å²) in [5.41, 5.74) is 0.349. The Morgan fingerprint density at radius 1 is 1.32 bits per heavy atom. The molecule has 1 amide bonds. The van der Waals surface area contributed by atoms with Crippen molar-refractivity contribution in [3.63, 3.8) is 0 Å². The van der Waals surface area contributed by atoms with E-state index in [2.05, 4.69) is 13.8 Å². The molecular formula is C15H21NO3. The van der Waals surface area contributed by atoms with E-state index in [0.717, 1.165) is 19.3 Å². The van der Waals surface area contributed by atoms with Crippen molar-refractivity contribution in [2.45, 2.75) is 45.2 Å². The molecule has 1 fully saturated rings. The van der Waals surface area contributed by atoms with Crippen molar-refractivity contribution in [2.75, 3.05) is 7.11 Å². The number of likely N-dealkylation sites (tertiary alicyclic amines) is 1. The highest BCUT2D eigenvalue weighted by Gasteiger charge is 2.30. The molecule has 0 spiro atoms. The summed E-state index contributed by atoms with van der Waals surface area (Å²) in [7, 11) is 1.53. The second-order valence-electron chi connectivity index (χ2n) is 5.22. The van der Waals surface area contributed by atoms with Gasteiger partial charge >= 0.3 is 0 Å². The van der Waals surface area contributed by atoms with Crippen molar-refractivity contribution in [3.8, 4) is 11.5 Å². The van der Waals surface area contributed by atoms with Crippen molar-refractivity contribution in [2.24, 2.45) is 0 Å². The molecule has 1 N–H and O–H groups in total. The van der Waals surface area contributed by atoms with Crippen molar-refractivity contribution in [3.05, 3.63) is 23.8 Å². The number of amides is 1. The van der Waals surface area contributed by atoms with E-state index >= 15 is 0 Å². The predicted octanol–water partition coefficient (Wildman–Crippen LogP) is 2.80. The minimum Gasteiger partial charge on any atom is -0.507 e. The lowest BCUT2D eigenvalue weighted by molar-refractivity contribution is 0.0508. The highest BCUT2D eigenvalue weighted by atomic mass is 16.5. The van der Waals surface area contributed by atoms with Crippen LogP contribution in [0.25, 0.3) is 0 Å². The van der Waals surface area contributed by atoms with Crippen LogP contribution in [0.1, 0.15) is 43.5 Å². The van der Waals surface area contributed by atoms with Gasteiger partial charge in [0.25, 0.3) is 5.91 Å². The average Bonchev–Trinajstić information content (AvgIpc) is 2.38. The molecule has 0 saturated carbocycles. The van der Waals surface area contributed by atoms with E-state index in [0.29, 0.717) is 11.3 Å². The fraction of sp³-hybridized carbons (Fsp3) is 0.533. The van der Waals surface area contributed by atoms with Crippen LogP contribution in [0, 0.1) is 0 Å². The van der Waals surface area contributed by atoms with Crippen LogP contribution in [0.15, 0.2) is 18.2 Å². The van der Waals surface area contributed by atoms with E-state index in [4.69, 9.17) is 4.74 Å². The number of benzene rings is 1. The van der Waals surface area contributed by atoms with Gasteiger partial charge in [-0.3, -0.25) is 4.79 Å². The molecule has 4 heteroatoms. The molecule has 2 atom stereocenters. The molecule has 1 heterocycles. The van der Waals surface area contributed by atoms with Gasteiger partial charge in [0.1, 0.15) is 11.5 Å². The van der Waals surface area contributed by atoms with Gasteiger partial charge in [0.05, 0.1) is 12.7 Å². The van der Waals surface area contributed by atoms with Gasteiger partial charge in [0, 0.05) is 18.2 Å². The fourth-order valence-corrected chi connectivity index (χ4v) is 2.78. The van der Waals surface area contributed by atoms with Crippen LogP contribution in [0.2, 0.25) is 0 Å². The lowest BCUT2D eigenvalue weighted by atomic mass is 9.96.